The third kappa shape index (κ3) is 2.63. The van der Waals surface area contributed by atoms with Crippen LogP contribution >= 0.6 is 0 Å². The van der Waals surface area contributed by atoms with E-state index in [1.807, 2.05) is 6.07 Å². The maximum atomic E-state index is 13.1. The zero-order valence-electron chi connectivity index (χ0n) is 13.5. The highest BCUT2D eigenvalue weighted by atomic mass is 32.2. The molecule has 24 heavy (non-hydrogen) atoms. The molecule has 0 spiro atoms. The summed E-state index contributed by atoms with van der Waals surface area (Å²) in [4.78, 5) is 11.5. The number of methoxy groups -OCH3 is 1. The molecule has 1 aliphatic rings. The second-order valence-corrected chi connectivity index (χ2v) is 7.96. The molecule has 128 valence electrons. The predicted octanol–water partition coefficient (Wildman–Crippen LogP) is 2.19. The van der Waals surface area contributed by atoms with E-state index in [0.29, 0.717) is 16.5 Å². The van der Waals surface area contributed by atoms with E-state index in [1.165, 1.54) is 17.5 Å². The van der Waals surface area contributed by atoms with Gasteiger partial charge in [0.05, 0.1) is 17.9 Å². The number of carbonyl (C=O) groups is 1. The summed E-state index contributed by atoms with van der Waals surface area (Å²) in [6.07, 6.45) is 0. The Labute approximate surface area is 140 Å². The van der Waals surface area contributed by atoms with Crippen molar-refractivity contribution in [1.82, 2.24) is 4.31 Å². The summed E-state index contributed by atoms with van der Waals surface area (Å²) in [5.41, 5.74) is 0. The van der Waals surface area contributed by atoms with Gasteiger partial charge in [-0.25, -0.2) is 8.42 Å². The third-order valence-electron chi connectivity index (χ3n) is 4.58. The molecule has 1 aliphatic heterocycles. The van der Waals surface area contributed by atoms with Gasteiger partial charge in [-0.05, 0) is 18.1 Å². The lowest BCUT2D eigenvalue weighted by molar-refractivity contribution is -0.142. The van der Waals surface area contributed by atoms with Crippen LogP contribution < -0.4 is 4.74 Å². The van der Waals surface area contributed by atoms with Gasteiger partial charge in [-0.3, -0.25) is 4.79 Å². The van der Waals surface area contributed by atoms with Crippen molar-refractivity contribution < 1.29 is 23.1 Å². The molecule has 3 rings (SSSR count). The Balaban J connectivity index is 2.09. The van der Waals surface area contributed by atoms with Crippen molar-refractivity contribution >= 4 is 26.8 Å². The first-order chi connectivity index (χ1) is 11.4. The van der Waals surface area contributed by atoms with Crippen LogP contribution in [0.1, 0.15) is 6.92 Å². The van der Waals surface area contributed by atoms with Crippen LogP contribution in [-0.4, -0.2) is 44.0 Å². The van der Waals surface area contributed by atoms with Crippen LogP contribution in [0.2, 0.25) is 0 Å². The van der Waals surface area contributed by atoms with Gasteiger partial charge in [0.2, 0.25) is 10.0 Å². The van der Waals surface area contributed by atoms with Gasteiger partial charge in [-0.2, -0.15) is 4.31 Å². The van der Waals surface area contributed by atoms with E-state index >= 15 is 0 Å². The largest absolute Gasteiger partial charge is 0.496 e. The number of carboxylic acid groups (broad SMARTS) is 1. The van der Waals surface area contributed by atoms with Gasteiger partial charge in [0, 0.05) is 23.9 Å². The van der Waals surface area contributed by atoms with Crippen LogP contribution in [0.4, 0.5) is 0 Å². The molecule has 1 saturated heterocycles. The van der Waals surface area contributed by atoms with Crippen LogP contribution in [0, 0.1) is 11.8 Å². The molecule has 0 saturated carbocycles. The topological polar surface area (TPSA) is 83.9 Å². The molecule has 1 fully saturated rings. The number of carboxylic acids is 1. The highest BCUT2D eigenvalue weighted by molar-refractivity contribution is 7.89. The summed E-state index contributed by atoms with van der Waals surface area (Å²) >= 11 is 0. The van der Waals surface area contributed by atoms with Gasteiger partial charge in [0.25, 0.3) is 0 Å². The minimum atomic E-state index is -3.78. The van der Waals surface area contributed by atoms with Crippen molar-refractivity contribution in [2.24, 2.45) is 11.8 Å². The molecule has 2 aromatic rings. The Hall–Kier alpha value is -2.12. The lowest BCUT2D eigenvalue weighted by atomic mass is 9.99. The van der Waals surface area contributed by atoms with Gasteiger partial charge >= 0.3 is 5.97 Å². The second kappa shape index (κ2) is 6.07. The lowest BCUT2D eigenvalue weighted by Crippen LogP contribution is -2.30. The Morgan fingerprint density at radius 3 is 2.42 bits per heavy atom. The van der Waals surface area contributed by atoms with Crippen molar-refractivity contribution in [2.45, 2.75) is 11.8 Å². The highest BCUT2D eigenvalue weighted by Crippen LogP contribution is 2.35. The summed E-state index contributed by atoms with van der Waals surface area (Å²) in [5.74, 6) is -1.26. The first-order valence-corrected chi connectivity index (χ1v) is 9.09. The Morgan fingerprint density at radius 2 is 1.83 bits per heavy atom. The molecule has 7 heteroatoms. The van der Waals surface area contributed by atoms with Crippen LogP contribution in [0.15, 0.2) is 41.3 Å². The number of rotatable bonds is 4. The Bertz CT molecular complexity index is 893. The van der Waals surface area contributed by atoms with E-state index < -0.39 is 21.9 Å². The van der Waals surface area contributed by atoms with Gasteiger partial charge < -0.3 is 9.84 Å². The number of hydrogen-bond acceptors (Lipinski definition) is 4. The average molecular weight is 349 g/mol. The summed E-state index contributed by atoms with van der Waals surface area (Å²) < 4.78 is 32.7. The predicted molar refractivity (Wildman–Crippen MR) is 89.5 cm³/mol. The molecule has 0 bridgehead atoms. The molecule has 2 atom stereocenters. The van der Waals surface area contributed by atoms with Crippen LogP contribution in [0.25, 0.3) is 10.8 Å². The molecule has 0 unspecified atom stereocenters. The fourth-order valence-electron chi connectivity index (χ4n) is 3.23. The Kier molecular flexibility index (Phi) is 4.23. The average Bonchev–Trinajstić information content (AvgIpc) is 2.96. The molecule has 2 aromatic carbocycles. The van der Waals surface area contributed by atoms with Gasteiger partial charge in [-0.15, -0.1) is 0 Å². The normalized spacial score (nSPS) is 21.9. The van der Waals surface area contributed by atoms with Crippen molar-refractivity contribution in [1.29, 1.82) is 0 Å². The summed E-state index contributed by atoms with van der Waals surface area (Å²) in [5, 5.41) is 10.5. The molecule has 0 aliphatic carbocycles. The minimum absolute atomic E-state index is 0.000804. The molecule has 0 aromatic heterocycles. The number of hydrogen-bond donors (Lipinski definition) is 1. The highest BCUT2D eigenvalue weighted by Gasteiger charge is 2.41. The molecular formula is C17H19NO5S. The van der Waals surface area contributed by atoms with Crippen molar-refractivity contribution in [2.75, 3.05) is 20.2 Å². The smallest absolute Gasteiger partial charge is 0.308 e. The number of nitrogens with zero attached hydrogens (tertiary/aromatic N) is 1. The standard InChI is InChI=1S/C17H19NO5S/c1-11-9-18(10-14(11)17(19)20)24(21,22)16-8-7-15(23-2)12-5-3-4-6-13(12)16/h3-8,11,14H,9-10H2,1-2H3,(H,19,20)/t11-,14-/m1/s1. The van der Waals surface area contributed by atoms with Crippen molar-refractivity contribution in [3.8, 4) is 5.75 Å². The van der Waals surface area contributed by atoms with E-state index in [0.717, 1.165) is 0 Å². The Morgan fingerprint density at radius 1 is 1.17 bits per heavy atom. The van der Waals surface area contributed by atoms with Gasteiger partial charge in [0.1, 0.15) is 5.75 Å². The van der Waals surface area contributed by atoms with E-state index in [2.05, 4.69) is 0 Å². The quantitative estimate of drug-likeness (QED) is 0.915. The molecule has 0 radical (unpaired) electrons. The molecular weight excluding hydrogens is 330 g/mol. The van der Waals surface area contributed by atoms with Crippen molar-refractivity contribution in [3.05, 3.63) is 36.4 Å². The molecule has 1 heterocycles. The number of fused-ring (bicyclic) bond motifs is 1. The fraction of sp³-hybridized carbons (Fsp3) is 0.353. The molecule has 0 amide bonds. The zero-order chi connectivity index (χ0) is 17.5. The number of ether oxygens (including phenoxy) is 1. The third-order valence-corrected chi connectivity index (χ3v) is 6.47. The molecule has 1 N–H and O–H groups in total. The zero-order valence-corrected chi connectivity index (χ0v) is 14.3. The maximum absolute atomic E-state index is 13.1. The monoisotopic (exact) mass is 349 g/mol. The van der Waals surface area contributed by atoms with E-state index in [4.69, 9.17) is 4.74 Å². The minimum Gasteiger partial charge on any atom is -0.496 e. The van der Waals surface area contributed by atoms with E-state index in [9.17, 15) is 18.3 Å². The summed E-state index contributed by atoms with van der Waals surface area (Å²) in [6, 6.07) is 10.3. The summed E-state index contributed by atoms with van der Waals surface area (Å²) in [6.45, 7) is 1.97. The number of aliphatic carboxylic acids is 1. The SMILES string of the molecule is COc1ccc(S(=O)(=O)N2C[C@@H](C)[C@H](C(=O)O)C2)c2ccccc12. The maximum Gasteiger partial charge on any atom is 0.308 e. The van der Waals surface area contributed by atoms with Gasteiger partial charge in [-0.1, -0.05) is 31.2 Å². The number of sulfonamides is 1. The van der Waals surface area contributed by atoms with E-state index in [1.54, 1.807) is 31.2 Å². The van der Waals surface area contributed by atoms with Crippen LogP contribution in [-0.2, 0) is 14.8 Å². The van der Waals surface area contributed by atoms with Crippen LogP contribution in [0.5, 0.6) is 5.75 Å². The summed E-state index contributed by atoms with van der Waals surface area (Å²) in [7, 11) is -2.24. The lowest BCUT2D eigenvalue weighted by Gasteiger charge is -2.18. The first-order valence-electron chi connectivity index (χ1n) is 7.65. The molecule has 6 nitrogen and oxygen atoms in total. The number of benzene rings is 2. The van der Waals surface area contributed by atoms with Gasteiger partial charge in [0.15, 0.2) is 0 Å². The van der Waals surface area contributed by atoms with E-state index in [-0.39, 0.29) is 23.9 Å². The second-order valence-electron chi connectivity index (χ2n) is 6.06. The first kappa shape index (κ1) is 16.7. The van der Waals surface area contributed by atoms with Crippen molar-refractivity contribution in [3.63, 3.8) is 0 Å². The van der Waals surface area contributed by atoms with Crippen LogP contribution in [0.3, 0.4) is 0 Å². The fourth-order valence-corrected chi connectivity index (χ4v) is 4.99.